The summed E-state index contributed by atoms with van der Waals surface area (Å²) in [6, 6.07) is 40.0. The quantitative estimate of drug-likeness (QED) is 0.237. The fourth-order valence-corrected chi connectivity index (χ4v) is 6.97. The Hall–Kier alpha value is -5.28. The number of hydrogen-bond donors (Lipinski definition) is 1. The van der Waals surface area contributed by atoms with Crippen LogP contribution in [0.25, 0.3) is 71.3 Å². The molecule has 0 radical (unpaired) electrons. The van der Waals surface area contributed by atoms with E-state index in [2.05, 4.69) is 154 Å². The molecule has 3 heterocycles. The number of fused-ring (bicyclic) bond motifs is 8. The van der Waals surface area contributed by atoms with Crippen LogP contribution >= 0.6 is 0 Å². The van der Waals surface area contributed by atoms with Crippen molar-refractivity contribution < 1.29 is 0 Å². The molecule has 3 aromatic heterocycles. The molecule has 0 saturated carbocycles. The minimum atomic E-state index is 0.296. The highest BCUT2D eigenvalue weighted by Gasteiger charge is 2.21. The van der Waals surface area contributed by atoms with E-state index >= 15 is 0 Å². The highest BCUT2D eigenvalue weighted by atomic mass is 15.0. The lowest BCUT2D eigenvalue weighted by Crippen LogP contribution is -2.06. The molecule has 0 fully saturated rings. The van der Waals surface area contributed by atoms with Gasteiger partial charge in [-0.15, -0.1) is 0 Å². The standard InChI is InChI=1S/C38H27N3/c1-3-10-25(11-4-1)26-18-20-32-31(24-26)37-33(39-32)15-9-17-36(37)40-23-22-30-34(40)21-19-29-28-14-7-8-16-35(28)41(38(29)30)27-12-5-2-6-13-27/h1-12,14-24,27,39H,13H2/t27-/m1/s1. The van der Waals surface area contributed by atoms with Gasteiger partial charge in [0.15, 0.2) is 0 Å². The zero-order valence-electron chi connectivity index (χ0n) is 22.5. The number of benzene rings is 5. The fourth-order valence-electron chi connectivity index (χ4n) is 6.97. The van der Waals surface area contributed by atoms with Crippen LogP contribution in [-0.4, -0.2) is 14.1 Å². The van der Waals surface area contributed by atoms with E-state index in [1.54, 1.807) is 0 Å². The summed E-state index contributed by atoms with van der Waals surface area (Å²) in [4.78, 5) is 3.68. The summed E-state index contributed by atoms with van der Waals surface area (Å²) in [5.41, 5.74) is 9.78. The lowest BCUT2D eigenvalue weighted by Gasteiger charge is -2.19. The summed E-state index contributed by atoms with van der Waals surface area (Å²) in [6.07, 6.45) is 12.2. The monoisotopic (exact) mass is 525 g/mol. The second kappa shape index (κ2) is 8.61. The van der Waals surface area contributed by atoms with Crippen LogP contribution in [0, 0.1) is 0 Å². The van der Waals surface area contributed by atoms with Crippen LogP contribution in [0.3, 0.4) is 0 Å². The number of aromatic nitrogens is 3. The van der Waals surface area contributed by atoms with Crippen LogP contribution in [0.2, 0.25) is 0 Å². The summed E-state index contributed by atoms with van der Waals surface area (Å²) in [5.74, 6) is 0. The predicted octanol–water partition coefficient (Wildman–Crippen LogP) is 10.1. The Bertz CT molecular complexity index is 2340. The lowest BCUT2D eigenvalue weighted by atomic mass is 10.0. The summed E-state index contributed by atoms with van der Waals surface area (Å²) in [6.45, 7) is 0. The summed E-state index contributed by atoms with van der Waals surface area (Å²) in [7, 11) is 0. The van der Waals surface area contributed by atoms with Crippen LogP contribution in [0.15, 0.2) is 140 Å². The number of H-pyrrole nitrogens is 1. The highest BCUT2D eigenvalue weighted by molar-refractivity contribution is 6.18. The van der Waals surface area contributed by atoms with E-state index in [4.69, 9.17) is 0 Å². The smallest absolute Gasteiger partial charge is 0.0592 e. The number of hydrogen-bond acceptors (Lipinski definition) is 0. The van der Waals surface area contributed by atoms with E-state index in [1.165, 1.54) is 60.3 Å². The van der Waals surface area contributed by atoms with E-state index < -0.39 is 0 Å². The molecule has 9 rings (SSSR count). The molecule has 0 amide bonds. The van der Waals surface area contributed by atoms with Crippen molar-refractivity contribution in [3.05, 3.63) is 140 Å². The Labute approximate surface area is 237 Å². The molecule has 0 spiro atoms. The Balaban J connectivity index is 1.32. The number of para-hydroxylation sites is 1. The minimum absolute atomic E-state index is 0.296. The van der Waals surface area contributed by atoms with E-state index in [1.807, 2.05) is 0 Å². The van der Waals surface area contributed by atoms with Gasteiger partial charge in [-0.25, -0.2) is 0 Å². The first-order valence-electron chi connectivity index (χ1n) is 14.3. The Morgan fingerprint density at radius 3 is 2.41 bits per heavy atom. The van der Waals surface area contributed by atoms with Gasteiger partial charge in [0.2, 0.25) is 0 Å². The molecule has 0 aliphatic heterocycles. The largest absolute Gasteiger partial charge is 0.354 e. The van der Waals surface area contributed by atoms with E-state index in [0.717, 1.165) is 17.5 Å². The second-order valence-electron chi connectivity index (χ2n) is 11.0. The van der Waals surface area contributed by atoms with E-state index in [0.29, 0.717) is 6.04 Å². The third kappa shape index (κ3) is 3.26. The zero-order valence-corrected chi connectivity index (χ0v) is 22.5. The first kappa shape index (κ1) is 22.5. The molecule has 41 heavy (non-hydrogen) atoms. The topological polar surface area (TPSA) is 25.6 Å². The average Bonchev–Trinajstić information content (AvgIpc) is 3.73. The van der Waals surface area contributed by atoms with Gasteiger partial charge in [0.25, 0.3) is 0 Å². The maximum Gasteiger partial charge on any atom is 0.0592 e. The Morgan fingerprint density at radius 2 is 1.51 bits per heavy atom. The highest BCUT2D eigenvalue weighted by Crippen LogP contribution is 2.40. The number of aromatic amines is 1. The van der Waals surface area contributed by atoms with Gasteiger partial charge >= 0.3 is 0 Å². The Kier molecular flexibility index (Phi) is 4.73. The zero-order chi connectivity index (χ0) is 26.9. The van der Waals surface area contributed by atoms with Crippen LogP contribution < -0.4 is 0 Å². The first-order valence-corrected chi connectivity index (χ1v) is 14.3. The van der Waals surface area contributed by atoms with Crippen molar-refractivity contribution in [3.63, 3.8) is 0 Å². The first-order chi connectivity index (χ1) is 20.3. The van der Waals surface area contributed by atoms with Crippen LogP contribution in [-0.2, 0) is 0 Å². The van der Waals surface area contributed by atoms with Crippen molar-refractivity contribution >= 4 is 54.5 Å². The van der Waals surface area contributed by atoms with Gasteiger partial charge in [0, 0.05) is 49.7 Å². The number of nitrogens with one attached hydrogen (secondary N) is 1. The minimum Gasteiger partial charge on any atom is -0.354 e. The van der Waals surface area contributed by atoms with Crippen molar-refractivity contribution in [1.29, 1.82) is 0 Å². The molecule has 0 unspecified atom stereocenters. The molecule has 0 bridgehead atoms. The van der Waals surface area contributed by atoms with Crippen molar-refractivity contribution in [2.45, 2.75) is 12.5 Å². The molecule has 3 nitrogen and oxygen atoms in total. The van der Waals surface area contributed by atoms with Gasteiger partial charge < -0.3 is 14.1 Å². The molecule has 1 aliphatic carbocycles. The van der Waals surface area contributed by atoms with Crippen molar-refractivity contribution in [1.82, 2.24) is 14.1 Å². The summed E-state index contributed by atoms with van der Waals surface area (Å²) >= 11 is 0. The van der Waals surface area contributed by atoms with Gasteiger partial charge in [0.1, 0.15) is 0 Å². The summed E-state index contributed by atoms with van der Waals surface area (Å²) < 4.78 is 4.92. The maximum absolute atomic E-state index is 3.68. The summed E-state index contributed by atoms with van der Waals surface area (Å²) in [5, 5.41) is 6.40. The number of allylic oxidation sites excluding steroid dienone is 4. The molecule has 194 valence electrons. The molecular formula is C38H27N3. The molecule has 1 atom stereocenters. The van der Waals surface area contributed by atoms with Crippen molar-refractivity contribution in [3.8, 4) is 16.8 Å². The number of nitrogens with zero attached hydrogens (tertiary/aromatic N) is 2. The van der Waals surface area contributed by atoms with E-state index in [9.17, 15) is 0 Å². The molecular weight excluding hydrogens is 498 g/mol. The van der Waals surface area contributed by atoms with Crippen LogP contribution in [0.4, 0.5) is 0 Å². The molecule has 3 heteroatoms. The lowest BCUT2D eigenvalue weighted by molar-refractivity contribution is 0.649. The third-order valence-corrected chi connectivity index (χ3v) is 8.80. The van der Waals surface area contributed by atoms with Crippen molar-refractivity contribution in [2.24, 2.45) is 0 Å². The molecule has 0 saturated heterocycles. The van der Waals surface area contributed by atoms with Crippen LogP contribution in [0.1, 0.15) is 12.5 Å². The Morgan fingerprint density at radius 1 is 0.610 bits per heavy atom. The maximum atomic E-state index is 3.68. The van der Waals surface area contributed by atoms with Gasteiger partial charge in [-0.05, 0) is 60.0 Å². The van der Waals surface area contributed by atoms with Gasteiger partial charge in [0.05, 0.1) is 22.8 Å². The molecule has 5 aromatic carbocycles. The molecule has 1 N–H and O–H groups in total. The van der Waals surface area contributed by atoms with Gasteiger partial charge in [-0.3, -0.25) is 0 Å². The SMILES string of the molecule is C1=CC[C@H](n2c3ccccc3c3ccc4c(ccn4-c4cccc5[nH]c6ccc(-c7ccccc7)cc6c45)c32)C=C1. The van der Waals surface area contributed by atoms with E-state index in [-0.39, 0.29) is 0 Å². The molecule has 1 aliphatic rings. The fraction of sp³-hybridized carbons (Fsp3) is 0.0526. The van der Waals surface area contributed by atoms with Gasteiger partial charge in [-0.1, -0.05) is 91.0 Å². The number of rotatable bonds is 3. The van der Waals surface area contributed by atoms with Crippen molar-refractivity contribution in [2.75, 3.05) is 0 Å². The predicted molar refractivity (Wildman–Crippen MR) is 173 cm³/mol. The van der Waals surface area contributed by atoms with Crippen LogP contribution in [0.5, 0.6) is 0 Å². The normalized spacial score (nSPS) is 15.3. The van der Waals surface area contributed by atoms with Gasteiger partial charge in [-0.2, -0.15) is 0 Å². The average molecular weight is 526 g/mol. The second-order valence-corrected chi connectivity index (χ2v) is 11.0. The third-order valence-electron chi connectivity index (χ3n) is 8.80. The molecule has 8 aromatic rings.